The smallest absolute Gasteiger partial charge is 0.322 e. The van der Waals surface area contributed by atoms with Crippen LogP contribution in [0, 0.1) is 0 Å². The summed E-state index contributed by atoms with van der Waals surface area (Å²) in [6, 6.07) is 2.32. The van der Waals surface area contributed by atoms with E-state index in [9.17, 15) is 4.79 Å². The molecule has 3 heterocycles. The maximum absolute atomic E-state index is 12.3. The van der Waals surface area contributed by atoms with Crippen molar-refractivity contribution in [3.8, 4) is 0 Å². The van der Waals surface area contributed by atoms with Crippen LogP contribution >= 0.6 is 11.3 Å². The first-order valence-corrected chi connectivity index (χ1v) is 8.17. The first-order valence-electron chi connectivity index (χ1n) is 7.23. The molecule has 0 aromatic carbocycles. The third kappa shape index (κ3) is 3.31. The van der Waals surface area contributed by atoms with Crippen LogP contribution in [0.1, 0.15) is 12.8 Å². The van der Waals surface area contributed by atoms with Crippen LogP contribution in [0.15, 0.2) is 16.8 Å². The van der Waals surface area contributed by atoms with E-state index in [1.165, 1.54) is 0 Å². The number of ether oxygens (including phenoxy) is 1. The number of likely N-dealkylation sites (tertiary alicyclic amines) is 1. The van der Waals surface area contributed by atoms with E-state index in [0.29, 0.717) is 6.04 Å². The third-order valence-corrected chi connectivity index (χ3v) is 4.67. The molecule has 3 rings (SSSR count). The quantitative estimate of drug-likeness (QED) is 0.928. The maximum Gasteiger partial charge on any atom is 0.322 e. The summed E-state index contributed by atoms with van der Waals surface area (Å²) in [6.07, 6.45) is 2.21. The molecule has 1 atom stereocenters. The zero-order chi connectivity index (χ0) is 13.8. The van der Waals surface area contributed by atoms with E-state index in [-0.39, 0.29) is 6.03 Å². The molecule has 2 fully saturated rings. The van der Waals surface area contributed by atoms with Crippen LogP contribution in [0.2, 0.25) is 0 Å². The Morgan fingerprint density at radius 1 is 1.40 bits per heavy atom. The van der Waals surface area contributed by atoms with Gasteiger partial charge in [0.2, 0.25) is 0 Å². The van der Waals surface area contributed by atoms with Gasteiger partial charge in [-0.2, -0.15) is 11.3 Å². The number of nitrogens with one attached hydrogen (secondary N) is 1. The van der Waals surface area contributed by atoms with Crippen LogP contribution in [-0.2, 0) is 4.74 Å². The van der Waals surface area contributed by atoms with Crippen molar-refractivity contribution in [3.05, 3.63) is 16.8 Å². The Morgan fingerprint density at radius 2 is 2.25 bits per heavy atom. The molecule has 0 aliphatic carbocycles. The summed E-state index contributed by atoms with van der Waals surface area (Å²) in [5.74, 6) is 0. The number of thiophene rings is 1. The van der Waals surface area contributed by atoms with Crippen LogP contribution in [0.5, 0.6) is 0 Å². The number of hydrogen-bond donors (Lipinski definition) is 1. The van der Waals surface area contributed by atoms with Gasteiger partial charge in [-0.25, -0.2) is 4.79 Å². The lowest BCUT2D eigenvalue weighted by atomic mass is 10.2. The van der Waals surface area contributed by atoms with Gasteiger partial charge in [0, 0.05) is 37.6 Å². The second kappa shape index (κ2) is 6.56. The van der Waals surface area contributed by atoms with Crippen molar-refractivity contribution in [1.29, 1.82) is 0 Å². The molecule has 2 amide bonds. The molecule has 1 aromatic rings. The van der Waals surface area contributed by atoms with Gasteiger partial charge in [-0.05, 0) is 24.3 Å². The van der Waals surface area contributed by atoms with Crippen LogP contribution in [-0.4, -0.2) is 61.3 Å². The maximum atomic E-state index is 12.3. The lowest BCUT2D eigenvalue weighted by Gasteiger charge is -2.32. The highest BCUT2D eigenvalue weighted by Gasteiger charge is 2.30. The largest absolute Gasteiger partial charge is 0.379 e. The minimum absolute atomic E-state index is 0.0409. The molecule has 20 heavy (non-hydrogen) atoms. The fourth-order valence-corrected chi connectivity index (χ4v) is 3.49. The Balaban J connectivity index is 1.55. The van der Waals surface area contributed by atoms with Gasteiger partial charge in [-0.1, -0.05) is 0 Å². The van der Waals surface area contributed by atoms with Gasteiger partial charge >= 0.3 is 6.03 Å². The molecular formula is C14H21N3O2S. The lowest BCUT2D eigenvalue weighted by molar-refractivity contribution is 0.0296. The van der Waals surface area contributed by atoms with Gasteiger partial charge in [0.25, 0.3) is 0 Å². The summed E-state index contributed by atoms with van der Waals surface area (Å²) in [5, 5.41) is 6.93. The van der Waals surface area contributed by atoms with Gasteiger partial charge in [-0.15, -0.1) is 0 Å². The highest BCUT2D eigenvalue weighted by atomic mass is 32.1. The van der Waals surface area contributed by atoms with E-state index in [1.807, 2.05) is 21.7 Å². The normalized spacial score (nSPS) is 24.0. The molecule has 1 N–H and O–H groups in total. The molecule has 0 radical (unpaired) electrons. The van der Waals surface area contributed by atoms with Crippen molar-refractivity contribution < 1.29 is 9.53 Å². The molecule has 0 bridgehead atoms. The Bertz CT molecular complexity index is 432. The topological polar surface area (TPSA) is 44.8 Å². The molecule has 0 spiro atoms. The molecular weight excluding hydrogens is 274 g/mol. The lowest BCUT2D eigenvalue weighted by Crippen LogP contribution is -2.47. The van der Waals surface area contributed by atoms with E-state index >= 15 is 0 Å². The van der Waals surface area contributed by atoms with Crippen LogP contribution < -0.4 is 5.32 Å². The number of carbonyl (C=O) groups excluding carboxylic acids is 1. The van der Waals surface area contributed by atoms with Crippen LogP contribution in [0.25, 0.3) is 0 Å². The summed E-state index contributed by atoms with van der Waals surface area (Å²) in [6.45, 7) is 5.43. The molecule has 2 saturated heterocycles. The predicted octanol–water partition coefficient (Wildman–Crippen LogP) is 2.08. The van der Waals surface area contributed by atoms with E-state index in [0.717, 1.165) is 57.9 Å². The predicted molar refractivity (Wildman–Crippen MR) is 80.3 cm³/mol. The average molecular weight is 295 g/mol. The number of morpholine rings is 1. The number of nitrogens with zero attached hydrogens (tertiary/aromatic N) is 2. The molecule has 0 saturated carbocycles. The molecule has 1 aromatic heterocycles. The summed E-state index contributed by atoms with van der Waals surface area (Å²) >= 11 is 1.60. The van der Waals surface area contributed by atoms with Crippen LogP contribution in [0.3, 0.4) is 0 Å². The molecule has 1 unspecified atom stereocenters. The number of anilines is 1. The number of carbonyl (C=O) groups is 1. The van der Waals surface area contributed by atoms with Gasteiger partial charge in [0.1, 0.15) is 0 Å². The minimum Gasteiger partial charge on any atom is -0.379 e. The zero-order valence-electron chi connectivity index (χ0n) is 11.6. The Kier molecular flexibility index (Phi) is 4.54. The third-order valence-electron chi connectivity index (χ3n) is 3.98. The van der Waals surface area contributed by atoms with E-state index in [1.54, 1.807) is 11.3 Å². The summed E-state index contributed by atoms with van der Waals surface area (Å²) in [5.41, 5.74) is 0.900. The molecule has 5 nitrogen and oxygen atoms in total. The van der Waals surface area contributed by atoms with Crippen molar-refractivity contribution in [3.63, 3.8) is 0 Å². The highest BCUT2D eigenvalue weighted by molar-refractivity contribution is 7.08. The number of urea groups is 1. The summed E-state index contributed by atoms with van der Waals surface area (Å²) in [7, 11) is 0. The standard InChI is InChI=1S/C14H21N3O2S/c18-14(15-12-3-9-20-11-12)17-4-1-2-13(17)10-16-5-7-19-8-6-16/h3,9,11,13H,1-2,4-8,10H2,(H,15,18). The van der Waals surface area contributed by atoms with Crippen molar-refractivity contribution in [2.24, 2.45) is 0 Å². The van der Waals surface area contributed by atoms with Crippen molar-refractivity contribution in [2.75, 3.05) is 44.7 Å². The van der Waals surface area contributed by atoms with E-state index in [4.69, 9.17) is 4.74 Å². The number of amides is 2. The molecule has 6 heteroatoms. The van der Waals surface area contributed by atoms with Crippen molar-refractivity contribution in [1.82, 2.24) is 9.80 Å². The SMILES string of the molecule is O=C(Nc1ccsc1)N1CCCC1CN1CCOCC1. The average Bonchev–Trinajstić information content (AvgIpc) is 3.11. The second-order valence-electron chi connectivity index (χ2n) is 5.34. The molecule has 110 valence electrons. The first-order chi connectivity index (χ1) is 9.83. The van der Waals surface area contributed by atoms with Gasteiger partial charge < -0.3 is 15.0 Å². The minimum atomic E-state index is 0.0409. The van der Waals surface area contributed by atoms with E-state index in [2.05, 4.69) is 10.2 Å². The van der Waals surface area contributed by atoms with Crippen molar-refractivity contribution >= 4 is 23.1 Å². The van der Waals surface area contributed by atoms with Gasteiger partial charge in [0.05, 0.1) is 18.9 Å². The Hall–Kier alpha value is -1.11. The van der Waals surface area contributed by atoms with Gasteiger partial charge in [0.15, 0.2) is 0 Å². The summed E-state index contributed by atoms with van der Waals surface area (Å²) in [4.78, 5) is 16.7. The molecule has 2 aliphatic heterocycles. The Labute approximate surface area is 123 Å². The highest BCUT2D eigenvalue weighted by Crippen LogP contribution is 2.21. The second-order valence-corrected chi connectivity index (χ2v) is 6.12. The van der Waals surface area contributed by atoms with Crippen LogP contribution in [0.4, 0.5) is 10.5 Å². The number of rotatable bonds is 3. The monoisotopic (exact) mass is 295 g/mol. The fourth-order valence-electron chi connectivity index (χ4n) is 2.91. The fraction of sp³-hybridized carbons (Fsp3) is 0.643. The van der Waals surface area contributed by atoms with Crippen molar-refractivity contribution in [2.45, 2.75) is 18.9 Å². The number of hydrogen-bond acceptors (Lipinski definition) is 4. The summed E-state index contributed by atoms with van der Waals surface area (Å²) < 4.78 is 5.38. The molecule has 2 aliphatic rings. The van der Waals surface area contributed by atoms with E-state index < -0.39 is 0 Å². The zero-order valence-corrected chi connectivity index (χ0v) is 12.4. The van der Waals surface area contributed by atoms with Gasteiger partial charge in [-0.3, -0.25) is 4.90 Å². The Morgan fingerprint density at radius 3 is 3.00 bits per heavy atom. The first kappa shape index (κ1) is 13.9.